The van der Waals surface area contributed by atoms with E-state index in [4.69, 9.17) is 13.9 Å². The van der Waals surface area contributed by atoms with E-state index in [1.165, 1.54) is 0 Å². The number of carbonyl (C=O) groups is 1. The number of piperazine rings is 1. The van der Waals surface area contributed by atoms with E-state index in [1.54, 1.807) is 32.4 Å². The van der Waals surface area contributed by atoms with Crippen LogP contribution in [0.5, 0.6) is 11.5 Å². The average molecular weight is 367 g/mol. The van der Waals surface area contributed by atoms with Crippen molar-refractivity contribution < 1.29 is 18.7 Å². The summed E-state index contributed by atoms with van der Waals surface area (Å²) < 4.78 is 16.4. The first-order chi connectivity index (χ1) is 13.2. The van der Waals surface area contributed by atoms with Gasteiger partial charge in [-0.25, -0.2) is 0 Å². The maximum absolute atomic E-state index is 12.9. The molecule has 27 heavy (non-hydrogen) atoms. The third-order valence-electron chi connectivity index (χ3n) is 4.76. The molecular weight excluding hydrogens is 346 g/mol. The van der Waals surface area contributed by atoms with E-state index in [9.17, 15) is 4.79 Å². The fourth-order valence-electron chi connectivity index (χ4n) is 3.24. The molecule has 4 rings (SSSR count). The number of ether oxygens (including phenoxy) is 2. The Morgan fingerprint density at radius 2 is 1.81 bits per heavy atom. The second-order valence-electron chi connectivity index (χ2n) is 6.31. The number of carbonyl (C=O) groups excluding carboxylic acids is 1. The number of amides is 1. The molecule has 0 spiro atoms. The summed E-state index contributed by atoms with van der Waals surface area (Å²) in [5.74, 6) is 1.12. The maximum atomic E-state index is 12.9. The first kappa shape index (κ1) is 17.2. The van der Waals surface area contributed by atoms with Crippen LogP contribution in [0.1, 0.15) is 10.4 Å². The minimum Gasteiger partial charge on any atom is -0.497 e. The van der Waals surface area contributed by atoms with Gasteiger partial charge in [-0.1, -0.05) is 12.1 Å². The highest BCUT2D eigenvalue weighted by atomic mass is 16.5. The fraction of sp³-hybridized carbons (Fsp3) is 0.300. The van der Waals surface area contributed by atoms with Gasteiger partial charge in [0.2, 0.25) is 0 Å². The summed E-state index contributed by atoms with van der Waals surface area (Å²) in [7, 11) is 3.14. The topological polar surface area (TPSA) is 68.0 Å². The van der Waals surface area contributed by atoms with E-state index in [0.29, 0.717) is 49.3 Å². The lowest BCUT2D eigenvalue weighted by atomic mass is 10.1. The Bertz CT molecular complexity index is 928. The third kappa shape index (κ3) is 3.28. The standard InChI is InChI=1S/C20H21N3O4/c1-25-14-7-8-15(18(13-14)26-2)19(24)22-9-11-23(12-10-22)20-21-16-5-3-4-6-17(16)27-20/h3-8,13H,9-12H2,1-2H3. The highest BCUT2D eigenvalue weighted by molar-refractivity contribution is 5.97. The number of fused-ring (bicyclic) bond motifs is 1. The Kier molecular flexibility index (Phi) is 4.58. The number of rotatable bonds is 4. The highest BCUT2D eigenvalue weighted by Crippen LogP contribution is 2.27. The fourth-order valence-corrected chi connectivity index (χ4v) is 3.24. The van der Waals surface area contributed by atoms with Gasteiger partial charge in [0.25, 0.3) is 11.9 Å². The number of nitrogens with zero attached hydrogens (tertiary/aromatic N) is 3. The number of oxazole rings is 1. The molecule has 0 N–H and O–H groups in total. The zero-order valence-corrected chi connectivity index (χ0v) is 15.3. The molecule has 1 aliphatic rings. The molecule has 0 atom stereocenters. The Morgan fingerprint density at radius 3 is 2.52 bits per heavy atom. The van der Waals surface area contributed by atoms with E-state index in [-0.39, 0.29) is 5.91 Å². The zero-order valence-electron chi connectivity index (χ0n) is 15.3. The van der Waals surface area contributed by atoms with Gasteiger partial charge in [-0.15, -0.1) is 0 Å². The monoisotopic (exact) mass is 367 g/mol. The van der Waals surface area contributed by atoms with Crippen molar-refractivity contribution in [2.24, 2.45) is 0 Å². The number of benzene rings is 2. The molecule has 1 aliphatic heterocycles. The Hall–Kier alpha value is -3.22. The molecule has 1 fully saturated rings. The molecule has 2 aromatic carbocycles. The number of methoxy groups -OCH3 is 2. The van der Waals surface area contributed by atoms with Gasteiger partial charge in [-0.2, -0.15) is 4.98 Å². The molecule has 2 heterocycles. The van der Waals surface area contributed by atoms with Gasteiger partial charge in [0, 0.05) is 32.2 Å². The van der Waals surface area contributed by atoms with E-state index in [1.807, 2.05) is 29.2 Å². The number of para-hydroxylation sites is 2. The van der Waals surface area contributed by atoms with Crippen LogP contribution in [-0.4, -0.2) is 56.2 Å². The average Bonchev–Trinajstić information content (AvgIpc) is 3.17. The van der Waals surface area contributed by atoms with Crippen molar-refractivity contribution in [3.8, 4) is 11.5 Å². The van der Waals surface area contributed by atoms with Crippen LogP contribution in [0.3, 0.4) is 0 Å². The van der Waals surface area contributed by atoms with E-state index in [2.05, 4.69) is 9.88 Å². The zero-order chi connectivity index (χ0) is 18.8. The molecular formula is C20H21N3O4. The molecule has 0 aliphatic carbocycles. The van der Waals surface area contributed by atoms with Gasteiger partial charge >= 0.3 is 0 Å². The lowest BCUT2D eigenvalue weighted by molar-refractivity contribution is 0.0741. The van der Waals surface area contributed by atoms with Crippen molar-refractivity contribution in [1.82, 2.24) is 9.88 Å². The normalized spacial score (nSPS) is 14.4. The summed E-state index contributed by atoms with van der Waals surface area (Å²) in [5.41, 5.74) is 2.15. The minimum absolute atomic E-state index is 0.0493. The maximum Gasteiger partial charge on any atom is 0.298 e. The Balaban J connectivity index is 1.46. The third-order valence-corrected chi connectivity index (χ3v) is 4.76. The summed E-state index contributed by atoms with van der Waals surface area (Å²) in [6.07, 6.45) is 0. The number of aromatic nitrogens is 1. The molecule has 7 nitrogen and oxygen atoms in total. The molecule has 7 heteroatoms. The van der Waals surface area contributed by atoms with Gasteiger partial charge in [0.1, 0.15) is 17.0 Å². The Morgan fingerprint density at radius 1 is 1.04 bits per heavy atom. The van der Waals surface area contributed by atoms with Crippen molar-refractivity contribution in [3.63, 3.8) is 0 Å². The van der Waals surface area contributed by atoms with Crippen molar-refractivity contribution in [2.45, 2.75) is 0 Å². The van der Waals surface area contributed by atoms with Crippen LogP contribution in [0.25, 0.3) is 11.1 Å². The predicted molar refractivity (Wildman–Crippen MR) is 102 cm³/mol. The van der Waals surface area contributed by atoms with Gasteiger partial charge in [0.15, 0.2) is 5.58 Å². The van der Waals surface area contributed by atoms with Crippen LogP contribution in [0.4, 0.5) is 6.01 Å². The molecule has 0 unspecified atom stereocenters. The molecule has 0 saturated carbocycles. The molecule has 1 aromatic heterocycles. The first-order valence-corrected chi connectivity index (χ1v) is 8.81. The molecule has 3 aromatic rings. The van der Waals surface area contributed by atoms with Crippen molar-refractivity contribution in [3.05, 3.63) is 48.0 Å². The quantitative estimate of drug-likeness (QED) is 0.706. The van der Waals surface area contributed by atoms with E-state index < -0.39 is 0 Å². The minimum atomic E-state index is -0.0493. The highest BCUT2D eigenvalue weighted by Gasteiger charge is 2.26. The smallest absolute Gasteiger partial charge is 0.298 e. The van der Waals surface area contributed by atoms with Crippen LogP contribution in [-0.2, 0) is 0 Å². The molecule has 0 bridgehead atoms. The second kappa shape index (κ2) is 7.19. The lowest BCUT2D eigenvalue weighted by Gasteiger charge is -2.34. The second-order valence-corrected chi connectivity index (χ2v) is 6.31. The number of hydrogen-bond acceptors (Lipinski definition) is 6. The van der Waals surface area contributed by atoms with E-state index >= 15 is 0 Å². The summed E-state index contributed by atoms with van der Waals surface area (Å²) in [5, 5.41) is 0. The number of anilines is 1. The molecule has 0 radical (unpaired) electrons. The van der Waals surface area contributed by atoms with Gasteiger partial charge < -0.3 is 23.7 Å². The van der Waals surface area contributed by atoms with Crippen molar-refractivity contribution in [2.75, 3.05) is 45.3 Å². The number of hydrogen-bond donors (Lipinski definition) is 0. The predicted octanol–water partition coefficient (Wildman–Crippen LogP) is 2.81. The van der Waals surface area contributed by atoms with E-state index in [0.717, 1.165) is 11.1 Å². The van der Waals surface area contributed by atoms with Gasteiger partial charge in [-0.05, 0) is 24.3 Å². The summed E-state index contributed by atoms with van der Waals surface area (Å²) in [4.78, 5) is 21.3. The molecule has 1 saturated heterocycles. The van der Waals surface area contributed by atoms with Crippen LogP contribution in [0.2, 0.25) is 0 Å². The van der Waals surface area contributed by atoms with Crippen molar-refractivity contribution >= 4 is 23.0 Å². The summed E-state index contributed by atoms with van der Waals surface area (Å²) in [6.45, 7) is 2.51. The lowest BCUT2D eigenvalue weighted by Crippen LogP contribution is -2.49. The SMILES string of the molecule is COc1ccc(C(=O)N2CCN(c3nc4ccccc4o3)CC2)c(OC)c1. The van der Waals surface area contributed by atoms with Gasteiger partial charge in [0.05, 0.1) is 19.8 Å². The Labute approximate surface area is 157 Å². The summed E-state index contributed by atoms with van der Waals surface area (Å²) >= 11 is 0. The van der Waals surface area contributed by atoms with Crippen LogP contribution in [0, 0.1) is 0 Å². The van der Waals surface area contributed by atoms with Crippen LogP contribution < -0.4 is 14.4 Å². The van der Waals surface area contributed by atoms with Crippen LogP contribution >= 0.6 is 0 Å². The molecule has 140 valence electrons. The van der Waals surface area contributed by atoms with Gasteiger partial charge in [-0.3, -0.25) is 4.79 Å². The largest absolute Gasteiger partial charge is 0.497 e. The van der Waals surface area contributed by atoms with Crippen LogP contribution in [0.15, 0.2) is 46.9 Å². The molecule has 1 amide bonds. The first-order valence-electron chi connectivity index (χ1n) is 8.81. The van der Waals surface area contributed by atoms with Crippen molar-refractivity contribution in [1.29, 1.82) is 0 Å². The summed E-state index contributed by atoms with van der Waals surface area (Å²) in [6, 6.07) is 13.5.